The quantitative estimate of drug-likeness (QED) is 0.740. The standard InChI is InChI=1S/C13H17NO.C12H15NO/c1-2-5-12(6-3-1)9-14-8-4-7-13(10-14)11-15-13;14-12-7-4-8-13(10-12)9-11-5-2-1-3-6-11/h1-3,5-6H,4,7-11H2;1-3,5-6H,4,7-10H2. The second kappa shape index (κ2) is 9.66. The Bertz CT molecular complexity index is 774. The number of nitrogens with zero attached hydrogens (tertiary/aromatic N) is 2. The van der Waals surface area contributed by atoms with Crippen molar-refractivity contribution in [2.45, 2.75) is 44.4 Å². The van der Waals surface area contributed by atoms with Crippen LogP contribution in [0.3, 0.4) is 0 Å². The van der Waals surface area contributed by atoms with Gasteiger partial charge in [0.2, 0.25) is 0 Å². The van der Waals surface area contributed by atoms with Gasteiger partial charge in [0.25, 0.3) is 0 Å². The lowest BCUT2D eigenvalue weighted by Gasteiger charge is -2.30. The first kappa shape index (κ1) is 20.3. The van der Waals surface area contributed by atoms with E-state index < -0.39 is 0 Å². The fourth-order valence-corrected chi connectivity index (χ4v) is 4.39. The van der Waals surface area contributed by atoms with Crippen LogP contribution < -0.4 is 0 Å². The maximum absolute atomic E-state index is 11.2. The largest absolute Gasteiger partial charge is 0.368 e. The molecule has 3 heterocycles. The summed E-state index contributed by atoms with van der Waals surface area (Å²) in [5.74, 6) is 0.382. The highest BCUT2D eigenvalue weighted by Gasteiger charge is 2.47. The second-order valence-corrected chi connectivity index (χ2v) is 8.61. The predicted molar refractivity (Wildman–Crippen MR) is 116 cm³/mol. The molecule has 154 valence electrons. The molecule has 1 atom stereocenters. The number of ether oxygens (including phenoxy) is 1. The minimum Gasteiger partial charge on any atom is -0.368 e. The van der Waals surface area contributed by atoms with Gasteiger partial charge in [-0.25, -0.2) is 0 Å². The van der Waals surface area contributed by atoms with Crippen molar-refractivity contribution in [3.63, 3.8) is 0 Å². The molecule has 0 aliphatic carbocycles. The zero-order valence-corrected chi connectivity index (χ0v) is 17.3. The van der Waals surface area contributed by atoms with Gasteiger partial charge in [-0.15, -0.1) is 0 Å². The normalized spacial score (nSPS) is 24.8. The number of hydrogen-bond donors (Lipinski definition) is 0. The molecule has 4 heteroatoms. The second-order valence-electron chi connectivity index (χ2n) is 8.61. The molecule has 0 radical (unpaired) electrons. The fourth-order valence-electron chi connectivity index (χ4n) is 4.39. The van der Waals surface area contributed by atoms with Crippen LogP contribution in [0.25, 0.3) is 0 Å². The summed E-state index contributed by atoms with van der Waals surface area (Å²) >= 11 is 0. The third-order valence-electron chi connectivity index (χ3n) is 6.00. The molecule has 1 spiro atoms. The Morgan fingerprint density at radius 3 is 2.00 bits per heavy atom. The van der Waals surface area contributed by atoms with Crippen molar-refractivity contribution < 1.29 is 9.53 Å². The van der Waals surface area contributed by atoms with Crippen LogP contribution in [0.2, 0.25) is 0 Å². The number of ketones is 1. The predicted octanol–water partition coefficient (Wildman–Crippen LogP) is 3.90. The van der Waals surface area contributed by atoms with E-state index in [4.69, 9.17) is 4.74 Å². The summed E-state index contributed by atoms with van der Waals surface area (Å²) in [6.07, 6.45) is 4.34. The summed E-state index contributed by atoms with van der Waals surface area (Å²) in [7, 11) is 0. The first-order chi connectivity index (χ1) is 14.2. The number of benzene rings is 2. The minimum atomic E-state index is 0.257. The number of carbonyl (C=O) groups excluding carboxylic acids is 1. The molecule has 3 fully saturated rings. The van der Waals surface area contributed by atoms with Crippen LogP contribution >= 0.6 is 0 Å². The number of hydrogen-bond acceptors (Lipinski definition) is 4. The van der Waals surface area contributed by atoms with Gasteiger partial charge in [-0.3, -0.25) is 14.6 Å². The summed E-state index contributed by atoms with van der Waals surface area (Å²) in [4.78, 5) is 16.0. The Kier molecular flexibility index (Phi) is 6.75. The lowest BCUT2D eigenvalue weighted by Crippen LogP contribution is -2.40. The van der Waals surface area contributed by atoms with Crippen LogP contribution in [0, 0.1) is 0 Å². The average Bonchev–Trinajstić information content (AvgIpc) is 3.48. The number of Topliss-reactive ketones (excluding diaryl/α,β-unsaturated/α-hetero) is 1. The smallest absolute Gasteiger partial charge is 0.146 e. The van der Waals surface area contributed by atoms with Crippen LogP contribution in [-0.2, 0) is 22.6 Å². The zero-order chi connectivity index (χ0) is 19.9. The summed E-state index contributed by atoms with van der Waals surface area (Å²) in [5.41, 5.74) is 2.96. The molecule has 0 N–H and O–H groups in total. The van der Waals surface area contributed by atoms with Crippen LogP contribution in [0.4, 0.5) is 0 Å². The molecule has 2 aromatic rings. The fraction of sp³-hybridized carbons (Fsp3) is 0.480. The molecule has 29 heavy (non-hydrogen) atoms. The molecular weight excluding hydrogens is 360 g/mol. The van der Waals surface area contributed by atoms with Gasteiger partial charge in [-0.2, -0.15) is 0 Å². The van der Waals surface area contributed by atoms with Crippen LogP contribution in [0.15, 0.2) is 60.7 Å². The topological polar surface area (TPSA) is 36.1 Å². The zero-order valence-electron chi connectivity index (χ0n) is 17.3. The Hall–Kier alpha value is -2.01. The van der Waals surface area contributed by atoms with Gasteiger partial charge < -0.3 is 4.74 Å². The molecule has 5 rings (SSSR count). The van der Waals surface area contributed by atoms with Gasteiger partial charge >= 0.3 is 0 Å². The molecule has 3 aliphatic rings. The first-order valence-electron chi connectivity index (χ1n) is 10.9. The van der Waals surface area contributed by atoms with E-state index >= 15 is 0 Å². The summed E-state index contributed by atoms with van der Waals surface area (Å²) in [6.45, 7) is 7.01. The molecule has 0 amide bonds. The third kappa shape index (κ3) is 6.23. The van der Waals surface area contributed by atoms with Gasteiger partial charge in [-0.05, 0) is 43.5 Å². The highest BCUT2D eigenvalue weighted by atomic mass is 16.6. The van der Waals surface area contributed by atoms with E-state index in [0.29, 0.717) is 12.3 Å². The Balaban J connectivity index is 0.000000142. The summed E-state index contributed by atoms with van der Waals surface area (Å²) < 4.78 is 5.56. The van der Waals surface area contributed by atoms with Gasteiger partial charge in [-0.1, -0.05) is 60.7 Å². The van der Waals surface area contributed by atoms with E-state index in [-0.39, 0.29) is 5.60 Å². The maximum Gasteiger partial charge on any atom is 0.146 e. The summed E-state index contributed by atoms with van der Waals surface area (Å²) in [5, 5.41) is 0. The Morgan fingerprint density at radius 2 is 1.41 bits per heavy atom. The lowest BCUT2D eigenvalue weighted by atomic mass is 9.98. The number of carbonyl (C=O) groups is 1. The Morgan fingerprint density at radius 1 is 0.828 bits per heavy atom. The van der Waals surface area contributed by atoms with Crippen molar-refractivity contribution >= 4 is 5.78 Å². The van der Waals surface area contributed by atoms with E-state index in [1.165, 1.54) is 30.5 Å². The highest BCUT2D eigenvalue weighted by Crippen LogP contribution is 2.36. The van der Waals surface area contributed by atoms with E-state index in [9.17, 15) is 4.79 Å². The molecule has 4 nitrogen and oxygen atoms in total. The van der Waals surface area contributed by atoms with Crippen LogP contribution in [-0.4, -0.2) is 54.0 Å². The van der Waals surface area contributed by atoms with Crippen molar-refractivity contribution in [3.8, 4) is 0 Å². The molecule has 0 aromatic heterocycles. The van der Waals surface area contributed by atoms with Crippen LogP contribution in [0.5, 0.6) is 0 Å². The monoisotopic (exact) mass is 392 g/mol. The lowest BCUT2D eigenvalue weighted by molar-refractivity contribution is -0.122. The Labute approximate surface area is 174 Å². The summed E-state index contributed by atoms with van der Waals surface area (Å²) in [6, 6.07) is 21.0. The van der Waals surface area contributed by atoms with E-state index in [2.05, 4.69) is 52.3 Å². The minimum absolute atomic E-state index is 0.257. The average molecular weight is 393 g/mol. The number of piperidine rings is 2. The molecule has 0 saturated carbocycles. The van der Waals surface area contributed by atoms with E-state index in [0.717, 1.165) is 45.6 Å². The molecular formula is C25H32N2O2. The number of likely N-dealkylation sites (tertiary alicyclic amines) is 2. The van der Waals surface area contributed by atoms with Crippen molar-refractivity contribution in [2.24, 2.45) is 0 Å². The van der Waals surface area contributed by atoms with E-state index in [1.807, 2.05) is 18.2 Å². The highest BCUT2D eigenvalue weighted by molar-refractivity contribution is 5.81. The van der Waals surface area contributed by atoms with Crippen molar-refractivity contribution in [3.05, 3.63) is 71.8 Å². The number of epoxide rings is 1. The van der Waals surface area contributed by atoms with E-state index in [1.54, 1.807) is 0 Å². The SMILES string of the molecule is O=C1CCCN(Cc2ccccc2)C1.c1ccc(CN2CCCC3(CO3)C2)cc1. The molecule has 1 unspecified atom stereocenters. The first-order valence-corrected chi connectivity index (χ1v) is 10.9. The van der Waals surface area contributed by atoms with Gasteiger partial charge in [0.15, 0.2) is 0 Å². The van der Waals surface area contributed by atoms with Gasteiger partial charge in [0, 0.05) is 26.1 Å². The van der Waals surface area contributed by atoms with Gasteiger partial charge in [0.1, 0.15) is 11.4 Å². The van der Waals surface area contributed by atoms with Crippen molar-refractivity contribution in [1.29, 1.82) is 0 Å². The third-order valence-corrected chi connectivity index (χ3v) is 6.00. The van der Waals surface area contributed by atoms with Crippen molar-refractivity contribution in [2.75, 3.05) is 32.8 Å². The maximum atomic E-state index is 11.2. The van der Waals surface area contributed by atoms with Crippen molar-refractivity contribution in [1.82, 2.24) is 9.80 Å². The molecule has 0 bridgehead atoms. The van der Waals surface area contributed by atoms with Gasteiger partial charge in [0.05, 0.1) is 13.2 Å². The van der Waals surface area contributed by atoms with Crippen LogP contribution in [0.1, 0.15) is 36.8 Å². The molecule has 3 saturated heterocycles. The molecule has 3 aliphatic heterocycles. The number of rotatable bonds is 4. The molecule has 2 aromatic carbocycles.